The minimum Gasteiger partial charge on any atom is -0.322 e. The molecule has 0 bridgehead atoms. The largest absolute Gasteiger partial charge is 0.322 e. The van der Waals surface area contributed by atoms with Gasteiger partial charge in [0.05, 0.1) is 10.6 Å². The summed E-state index contributed by atoms with van der Waals surface area (Å²) in [6.45, 7) is 6.03. The number of amides is 1. The van der Waals surface area contributed by atoms with Crippen molar-refractivity contribution in [3.63, 3.8) is 0 Å². The van der Waals surface area contributed by atoms with Gasteiger partial charge >= 0.3 is 0 Å². The molecular weight excluding hydrogens is 304 g/mol. The van der Waals surface area contributed by atoms with Gasteiger partial charge in [0.25, 0.3) is 5.69 Å². The number of hydrogen-bond donors (Lipinski definition) is 1. The molecule has 0 aromatic heterocycles. The van der Waals surface area contributed by atoms with E-state index in [-0.39, 0.29) is 11.6 Å². The summed E-state index contributed by atoms with van der Waals surface area (Å²) >= 11 is 0. The van der Waals surface area contributed by atoms with Gasteiger partial charge in [-0.3, -0.25) is 14.9 Å². The van der Waals surface area contributed by atoms with E-state index in [1.165, 1.54) is 23.8 Å². The van der Waals surface area contributed by atoms with Crippen molar-refractivity contribution < 1.29 is 9.72 Å². The lowest BCUT2D eigenvalue weighted by Gasteiger charge is -2.06. The van der Waals surface area contributed by atoms with Gasteiger partial charge in [0.15, 0.2) is 0 Å². The molecule has 1 amide bonds. The molecule has 0 fully saturated rings. The second kappa shape index (κ2) is 7.55. The molecule has 0 aliphatic rings. The Morgan fingerprint density at radius 1 is 1.17 bits per heavy atom. The number of benzene rings is 2. The van der Waals surface area contributed by atoms with Crippen molar-refractivity contribution in [3.05, 3.63) is 75.3 Å². The molecule has 0 saturated carbocycles. The Labute approximate surface area is 141 Å². The first kappa shape index (κ1) is 17.4. The highest BCUT2D eigenvalue weighted by Crippen LogP contribution is 2.22. The molecule has 0 aliphatic carbocycles. The van der Waals surface area contributed by atoms with Crippen molar-refractivity contribution in [3.8, 4) is 0 Å². The lowest BCUT2D eigenvalue weighted by molar-refractivity contribution is -0.384. The van der Waals surface area contributed by atoms with E-state index in [4.69, 9.17) is 0 Å². The second-order valence-corrected chi connectivity index (χ2v) is 5.90. The van der Waals surface area contributed by atoms with E-state index < -0.39 is 4.92 Å². The number of hydrogen-bond acceptors (Lipinski definition) is 3. The average molecular weight is 324 g/mol. The summed E-state index contributed by atoms with van der Waals surface area (Å²) in [5.74, 6) is 0.134. The van der Waals surface area contributed by atoms with Crippen LogP contribution < -0.4 is 5.32 Å². The molecule has 1 N–H and O–H groups in total. The third-order valence-electron chi connectivity index (χ3n) is 3.72. The molecule has 0 heterocycles. The van der Waals surface area contributed by atoms with Crippen LogP contribution in [0.15, 0.2) is 48.5 Å². The summed E-state index contributed by atoms with van der Waals surface area (Å²) < 4.78 is 0. The van der Waals surface area contributed by atoms with Gasteiger partial charge < -0.3 is 5.32 Å². The molecule has 0 unspecified atom stereocenters. The number of carbonyl (C=O) groups excluding carboxylic acids is 1. The molecule has 0 radical (unpaired) electrons. The molecule has 0 spiro atoms. The van der Waals surface area contributed by atoms with E-state index in [0.29, 0.717) is 11.6 Å². The predicted molar refractivity (Wildman–Crippen MR) is 96.0 cm³/mol. The Bertz CT molecular complexity index is 778. The Kier molecular flexibility index (Phi) is 5.47. The fourth-order valence-electron chi connectivity index (χ4n) is 2.20. The van der Waals surface area contributed by atoms with Crippen molar-refractivity contribution in [1.29, 1.82) is 0 Å². The minimum absolute atomic E-state index is 0.0517. The molecular formula is C19H20N2O3. The zero-order valence-electron chi connectivity index (χ0n) is 13.9. The van der Waals surface area contributed by atoms with Crippen LogP contribution in [0.5, 0.6) is 0 Å². The highest BCUT2D eigenvalue weighted by Gasteiger charge is 2.09. The van der Waals surface area contributed by atoms with Crippen LogP contribution in [-0.2, 0) is 4.79 Å². The number of nitrogens with one attached hydrogen (secondary N) is 1. The van der Waals surface area contributed by atoms with Crippen molar-refractivity contribution in [2.45, 2.75) is 26.7 Å². The number of non-ortho nitro benzene ring substituents is 1. The maximum atomic E-state index is 12.0. The molecule has 5 nitrogen and oxygen atoms in total. The first-order valence-corrected chi connectivity index (χ1v) is 7.71. The van der Waals surface area contributed by atoms with Gasteiger partial charge in [0.2, 0.25) is 5.91 Å². The fourth-order valence-corrected chi connectivity index (χ4v) is 2.20. The van der Waals surface area contributed by atoms with Gasteiger partial charge in [-0.05, 0) is 35.6 Å². The zero-order valence-corrected chi connectivity index (χ0v) is 13.9. The first-order valence-electron chi connectivity index (χ1n) is 7.71. The smallest absolute Gasteiger partial charge is 0.271 e. The topological polar surface area (TPSA) is 72.2 Å². The van der Waals surface area contributed by atoms with E-state index in [1.807, 2.05) is 24.3 Å². The third-order valence-corrected chi connectivity index (χ3v) is 3.72. The Morgan fingerprint density at radius 2 is 1.83 bits per heavy atom. The van der Waals surface area contributed by atoms with Crippen LogP contribution in [0.3, 0.4) is 0 Å². The lowest BCUT2D eigenvalue weighted by Crippen LogP contribution is -2.09. The van der Waals surface area contributed by atoms with Gasteiger partial charge in [0, 0.05) is 18.2 Å². The Hall–Kier alpha value is -2.95. The predicted octanol–water partition coefficient (Wildman–Crippen LogP) is 4.68. The SMILES string of the molecule is Cc1ccc([N+](=O)[O-])cc1NC(=O)/C=C/c1ccc(C(C)C)cc1. The highest BCUT2D eigenvalue weighted by atomic mass is 16.6. The average Bonchev–Trinajstić information content (AvgIpc) is 2.55. The quantitative estimate of drug-likeness (QED) is 0.493. The fraction of sp³-hybridized carbons (Fsp3) is 0.211. The van der Waals surface area contributed by atoms with Crippen LogP contribution in [-0.4, -0.2) is 10.8 Å². The molecule has 0 aliphatic heterocycles. The number of anilines is 1. The molecule has 2 aromatic carbocycles. The normalized spacial score (nSPS) is 11.0. The Balaban J connectivity index is 2.07. The highest BCUT2D eigenvalue weighted by molar-refractivity contribution is 6.02. The maximum absolute atomic E-state index is 12.0. The monoisotopic (exact) mass is 324 g/mol. The van der Waals surface area contributed by atoms with Crippen LogP contribution >= 0.6 is 0 Å². The summed E-state index contributed by atoms with van der Waals surface area (Å²) in [5, 5.41) is 13.5. The molecule has 0 saturated heterocycles. The van der Waals surface area contributed by atoms with Crippen molar-refractivity contribution in [2.24, 2.45) is 0 Å². The molecule has 2 aromatic rings. The van der Waals surface area contributed by atoms with E-state index >= 15 is 0 Å². The molecule has 5 heteroatoms. The van der Waals surface area contributed by atoms with Crippen molar-refractivity contribution >= 4 is 23.4 Å². The Morgan fingerprint density at radius 3 is 2.42 bits per heavy atom. The van der Waals surface area contributed by atoms with Gasteiger partial charge in [-0.15, -0.1) is 0 Å². The van der Waals surface area contributed by atoms with E-state index in [0.717, 1.165) is 11.1 Å². The molecule has 2 rings (SSSR count). The minimum atomic E-state index is -0.485. The summed E-state index contributed by atoms with van der Waals surface area (Å²) in [7, 11) is 0. The van der Waals surface area contributed by atoms with Crippen molar-refractivity contribution in [1.82, 2.24) is 0 Å². The van der Waals surface area contributed by atoms with Gasteiger partial charge in [0.1, 0.15) is 0 Å². The first-order chi connectivity index (χ1) is 11.4. The van der Waals surface area contributed by atoms with Crippen LogP contribution in [0.4, 0.5) is 11.4 Å². The summed E-state index contributed by atoms with van der Waals surface area (Å²) in [6, 6.07) is 12.4. The van der Waals surface area contributed by atoms with Gasteiger partial charge in [-0.1, -0.05) is 44.2 Å². The van der Waals surface area contributed by atoms with E-state index in [2.05, 4.69) is 19.2 Å². The number of rotatable bonds is 5. The molecule has 124 valence electrons. The number of carbonyl (C=O) groups is 1. The van der Waals surface area contributed by atoms with Gasteiger partial charge in [-0.25, -0.2) is 0 Å². The third kappa shape index (κ3) is 4.52. The molecule has 24 heavy (non-hydrogen) atoms. The van der Waals surface area contributed by atoms with E-state index in [1.54, 1.807) is 19.1 Å². The number of nitrogens with zero attached hydrogens (tertiary/aromatic N) is 1. The molecule has 0 atom stereocenters. The standard InChI is InChI=1S/C19H20N2O3/c1-13(2)16-8-5-15(6-9-16)7-11-19(22)20-18-12-17(21(23)24)10-4-14(18)3/h4-13H,1-3H3,(H,20,22)/b11-7+. The van der Waals surface area contributed by atoms with Crippen LogP contribution in [0.2, 0.25) is 0 Å². The van der Waals surface area contributed by atoms with Crippen LogP contribution in [0.25, 0.3) is 6.08 Å². The van der Waals surface area contributed by atoms with Crippen LogP contribution in [0, 0.1) is 17.0 Å². The number of aryl methyl sites for hydroxylation is 1. The number of nitro benzene ring substituents is 1. The maximum Gasteiger partial charge on any atom is 0.271 e. The summed E-state index contributed by atoms with van der Waals surface area (Å²) in [4.78, 5) is 22.4. The zero-order chi connectivity index (χ0) is 17.7. The summed E-state index contributed by atoms with van der Waals surface area (Å²) in [5.41, 5.74) is 3.32. The van der Waals surface area contributed by atoms with Gasteiger partial charge in [-0.2, -0.15) is 0 Å². The lowest BCUT2D eigenvalue weighted by atomic mass is 10.0. The number of nitro groups is 1. The van der Waals surface area contributed by atoms with Crippen LogP contribution in [0.1, 0.15) is 36.5 Å². The second-order valence-electron chi connectivity index (χ2n) is 5.90. The van der Waals surface area contributed by atoms with E-state index in [9.17, 15) is 14.9 Å². The van der Waals surface area contributed by atoms with Crippen molar-refractivity contribution in [2.75, 3.05) is 5.32 Å². The summed E-state index contributed by atoms with van der Waals surface area (Å²) in [6.07, 6.45) is 3.13.